The van der Waals surface area contributed by atoms with Crippen LogP contribution in [0.25, 0.3) is 0 Å². The van der Waals surface area contributed by atoms with E-state index < -0.39 is 18.2 Å². The molecule has 6 nitrogen and oxygen atoms in total. The number of carbonyl (C=O) groups is 2. The molecule has 0 bridgehead atoms. The number of allylic oxidation sites excluding steroid dienone is 7. The summed E-state index contributed by atoms with van der Waals surface area (Å²) in [6, 6.07) is -0.728. The van der Waals surface area contributed by atoms with Gasteiger partial charge in [-0.15, -0.1) is 0 Å². The van der Waals surface area contributed by atoms with Crippen LogP contribution in [-0.2, 0) is 14.3 Å². The first-order chi connectivity index (χ1) is 29.5. The van der Waals surface area contributed by atoms with Crippen LogP contribution in [0, 0.1) is 0 Å². The molecule has 0 aliphatic carbocycles. The molecule has 6 heteroatoms. The molecule has 0 spiro atoms. The van der Waals surface area contributed by atoms with Gasteiger partial charge in [0.25, 0.3) is 0 Å². The van der Waals surface area contributed by atoms with Crippen LogP contribution in [-0.4, -0.2) is 46.9 Å². The van der Waals surface area contributed by atoms with Crippen LogP contribution in [0.15, 0.2) is 48.6 Å². The monoisotopic (exact) mass is 842 g/mol. The van der Waals surface area contributed by atoms with Crippen molar-refractivity contribution in [1.29, 1.82) is 0 Å². The van der Waals surface area contributed by atoms with E-state index >= 15 is 0 Å². The highest BCUT2D eigenvalue weighted by atomic mass is 16.5. The van der Waals surface area contributed by atoms with Gasteiger partial charge in [0.2, 0.25) is 5.91 Å². The number of ether oxygens (including phenoxy) is 1. The van der Waals surface area contributed by atoms with Crippen molar-refractivity contribution in [2.45, 2.75) is 277 Å². The lowest BCUT2D eigenvalue weighted by Gasteiger charge is -2.24. The van der Waals surface area contributed by atoms with E-state index in [2.05, 4.69) is 68.6 Å². The second-order valence-corrected chi connectivity index (χ2v) is 17.6. The fourth-order valence-electron chi connectivity index (χ4n) is 7.70. The number of nitrogens with one attached hydrogen (secondary N) is 1. The van der Waals surface area contributed by atoms with Gasteiger partial charge in [0.05, 0.1) is 25.2 Å². The van der Waals surface area contributed by atoms with Crippen molar-refractivity contribution in [3.8, 4) is 0 Å². The lowest BCUT2D eigenvalue weighted by atomic mass is 10.0. The summed E-state index contributed by atoms with van der Waals surface area (Å²) in [4.78, 5) is 26.1. The summed E-state index contributed by atoms with van der Waals surface area (Å²) >= 11 is 0. The topological polar surface area (TPSA) is 95.9 Å². The number of aliphatic hydroxyl groups excluding tert-OH is 2. The van der Waals surface area contributed by atoms with E-state index in [0.29, 0.717) is 19.3 Å². The number of amides is 1. The molecule has 3 atom stereocenters. The number of hydrogen-bond acceptors (Lipinski definition) is 5. The number of aliphatic hydroxyl groups is 2. The summed E-state index contributed by atoms with van der Waals surface area (Å²) in [7, 11) is 0. The molecule has 0 radical (unpaired) electrons. The van der Waals surface area contributed by atoms with Crippen LogP contribution < -0.4 is 5.32 Å². The van der Waals surface area contributed by atoms with Crippen LogP contribution in [0.1, 0.15) is 258 Å². The molecule has 0 aromatic rings. The molecule has 0 rings (SSSR count). The second kappa shape index (κ2) is 47.9. The van der Waals surface area contributed by atoms with E-state index in [9.17, 15) is 19.8 Å². The van der Waals surface area contributed by atoms with Crippen LogP contribution in [0.3, 0.4) is 0 Å². The van der Waals surface area contributed by atoms with E-state index in [1.807, 2.05) is 6.08 Å². The molecule has 350 valence electrons. The molecule has 0 saturated carbocycles. The Labute approximate surface area is 372 Å². The third kappa shape index (κ3) is 42.5. The predicted octanol–water partition coefficient (Wildman–Crippen LogP) is 15.5. The van der Waals surface area contributed by atoms with Crippen molar-refractivity contribution in [2.24, 2.45) is 0 Å². The molecule has 0 saturated heterocycles. The van der Waals surface area contributed by atoms with Gasteiger partial charge in [0, 0.05) is 12.8 Å². The number of carbonyl (C=O) groups excluding carboxylic acids is 2. The molecular formula is C54H99NO5. The summed E-state index contributed by atoms with van der Waals surface area (Å²) in [5, 5.41) is 23.7. The van der Waals surface area contributed by atoms with E-state index in [0.717, 1.165) is 57.8 Å². The quantitative estimate of drug-likeness (QED) is 0.0322. The molecule has 1 amide bonds. The third-order valence-corrected chi connectivity index (χ3v) is 11.7. The Morgan fingerprint density at radius 1 is 0.500 bits per heavy atom. The summed E-state index contributed by atoms with van der Waals surface area (Å²) in [6.07, 6.45) is 57.6. The maximum absolute atomic E-state index is 13.2. The van der Waals surface area contributed by atoms with Crippen molar-refractivity contribution in [3.05, 3.63) is 48.6 Å². The average molecular weight is 842 g/mol. The molecule has 0 aromatic heterocycles. The Morgan fingerprint density at radius 3 is 1.33 bits per heavy atom. The van der Waals surface area contributed by atoms with Crippen LogP contribution in [0.4, 0.5) is 0 Å². The first kappa shape index (κ1) is 57.8. The Kier molecular flexibility index (Phi) is 46.1. The predicted molar refractivity (Wildman–Crippen MR) is 259 cm³/mol. The van der Waals surface area contributed by atoms with E-state index in [-0.39, 0.29) is 24.9 Å². The number of esters is 1. The zero-order chi connectivity index (χ0) is 43.8. The first-order valence-corrected chi connectivity index (χ1v) is 25.9. The van der Waals surface area contributed by atoms with E-state index in [1.54, 1.807) is 0 Å². The lowest BCUT2D eigenvalue weighted by Crippen LogP contribution is -2.46. The highest BCUT2D eigenvalue weighted by Crippen LogP contribution is 2.17. The number of rotatable bonds is 46. The van der Waals surface area contributed by atoms with Gasteiger partial charge >= 0.3 is 5.97 Å². The maximum atomic E-state index is 13.2. The van der Waals surface area contributed by atoms with Crippen molar-refractivity contribution in [3.63, 3.8) is 0 Å². The normalized spacial score (nSPS) is 13.6. The lowest BCUT2D eigenvalue weighted by molar-refractivity contribution is -0.150. The van der Waals surface area contributed by atoms with Gasteiger partial charge in [0.15, 0.2) is 0 Å². The highest BCUT2D eigenvalue weighted by molar-refractivity contribution is 5.77. The van der Waals surface area contributed by atoms with E-state index in [4.69, 9.17) is 4.74 Å². The van der Waals surface area contributed by atoms with Crippen molar-refractivity contribution < 1.29 is 24.5 Å². The summed E-state index contributed by atoms with van der Waals surface area (Å²) in [5.74, 6) is -0.568. The van der Waals surface area contributed by atoms with Crippen molar-refractivity contribution >= 4 is 11.9 Å². The number of unbranched alkanes of at least 4 members (excludes halogenated alkanes) is 27. The Balaban J connectivity index is 4.70. The van der Waals surface area contributed by atoms with Gasteiger partial charge in [-0.1, -0.05) is 243 Å². The average Bonchev–Trinajstić information content (AvgIpc) is 3.24. The van der Waals surface area contributed by atoms with Crippen LogP contribution in [0.2, 0.25) is 0 Å². The second-order valence-electron chi connectivity index (χ2n) is 17.6. The Morgan fingerprint density at radius 2 is 0.883 bits per heavy atom. The molecule has 0 aliphatic heterocycles. The molecule has 3 N–H and O–H groups in total. The maximum Gasteiger partial charge on any atom is 0.306 e. The van der Waals surface area contributed by atoms with Crippen LogP contribution >= 0.6 is 0 Å². The van der Waals surface area contributed by atoms with Gasteiger partial charge < -0.3 is 20.3 Å². The fraction of sp³-hybridized carbons (Fsp3) is 0.815. The SMILES string of the molecule is CCCCC/C=C\C/C=C\C/C=C\C/C=C\CC(CC(=O)NC(CO)C(O)CCCCCCCCCCCCC)OC(=O)CCCCCCCCCCCCCCCCC. The molecule has 0 aliphatic rings. The zero-order valence-electron chi connectivity index (χ0n) is 39.8. The van der Waals surface area contributed by atoms with Crippen LogP contribution in [0.5, 0.6) is 0 Å². The van der Waals surface area contributed by atoms with Gasteiger partial charge in [-0.25, -0.2) is 0 Å². The minimum absolute atomic E-state index is 0.00425. The summed E-state index contributed by atoms with van der Waals surface area (Å²) in [5.41, 5.74) is 0. The fourth-order valence-corrected chi connectivity index (χ4v) is 7.70. The summed E-state index contributed by atoms with van der Waals surface area (Å²) < 4.78 is 5.87. The Hall–Kier alpha value is -2.18. The third-order valence-electron chi connectivity index (χ3n) is 11.7. The van der Waals surface area contributed by atoms with Crippen molar-refractivity contribution in [1.82, 2.24) is 5.32 Å². The van der Waals surface area contributed by atoms with Gasteiger partial charge in [0.1, 0.15) is 6.10 Å². The largest absolute Gasteiger partial charge is 0.461 e. The standard InChI is InChI=1S/C54H99NO5/c1-4-7-10-13-16-19-22-24-26-28-31-33-36-39-42-45-50(60-54(59)47-44-41-38-35-32-29-27-25-23-20-17-14-11-8-5-2)48-53(58)55-51(49-56)52(57)46-43-40-37-34-30-21-18-15-12-9-6-3/h16,19,24,26,31,33,39,42,50-52,56-57H,4-15,17-18,20-23,25,27-30,32,34-38,40-41,43-49H2,1-3H3,(H,55,58)/b19-16-,26-24-,33-31-,42-39-. The molecule has 0 fully saturated rings. The Bertz CT molecular complexity index is 1040. The summed E-state index contributed by atoms with van der Waals surface area (Å²) in [6.45, 7) is 6.43. The minimum atomic E-state index is -0.808. The van der Waals surface area contributed by atoms with Gasteiger partial charge in [-0.2, -0.15) is 0 Å². The van der Waals surface area contributed by atoms with Gasteiger partial charge in [-0.3, -0.25) is 9.59 Å². The highest BCUT2D eigenvalue weighted by Gasteiger charge is 2.23. The van der Waals surface area contributed by atoms with E-state index in [1.165, 1.54) is 154 Å². The first-order valence-electron chi connectivity index (χ1n) is 25.9. The molecular weight excluding hydrogens is 743 g/mol. The smallest absolute Gasteiger partial charge is 0.306 e. The molecule has 0 aromatic carbocycles. The zero-order valence-corrected chi connectivity index (χ0v) is 39.8. The van der Waals surface area contributed by atoms with Gasteiger partial charge in [-0.05, 0) is 44.9 Å². The molecule has 60 heavy (non-hydrogen) atoms. The number of hydrogen-bond donors (Lipinski definition) is 3. The van der Waals surface area contributed by atoms with Crippen molar-refractivity contribution in [2.75, 3.05) is 6.61 Å². The molecule has 3 unspecified atom stereocenters. The minimum Gasteiger partial charge on any atom is -0.461 e. The molecule has 0 heterocycles.